The Balaban J connectivity index is 1.21. The Labute approximate surface area is 174 Å². The number of hydrogen-bond donors (Lipinski definition) is 2. The second kappa shape index (κ2) is 7.42. The van der Waals surface area contributed by atoms with E-state index in [0.29, 0.717) is 22.4 Å². The van der Waals surface area contributed by atoms with Gasteiger partial charge in [0.25, 0.3) is 11.8 Å². The Hall–Kier alpha value is -1.89. The van der Waals surface area contributed by atoms with Crippen LogP contribution in [0.4, 0.5) is 5.00 Å². The molecule has 156 valence electrons. The van der Waals surface area contributed by atoms with Gasteiger partial charge in [-0.05, 0) is 87.0 Å². The molecule has 29 heavy (non-hydrogen) atoms. The monoisotopic (exact) mass is 416 g/mol. The van der Waals surface area contributed by atoms with E-state index < -0.39 is 11.8 Å². The molecule has 0 aromatic carbocycles. The average Bonchev–Trinajstić information content (AvgIpc) is 3.03. The highest BCUT2D eigenvalue weighted by Gasteiger charge is 2.51. The number of anilines is 1. The van der Waals surface area contributed by atoms with Gasteiger partial charge in [-0.2, -0.15) is 0 Å². The zero-order chi connectivity index (χ0) is 20.1. The summed E-state index contributed by atoms with van der Waals surface area (Å²) in [5, 5.41) is 3.27. The van der Waals surface area contributed by atoms with E-state index in [1.165, 1.54) is 17.8 Å². The summed E-state index contributed by atoms with van der Waals surface area (Å²) < 4.78 is 5.44. The maximum Gasteiger partial charge on any atom is 0.310 e. The van der Waals surface area contributed by atoms with E-state index in [0.717, 1.165) is 73.6 Å². The summed E-state index contributed by atoms with van der Waals surface area (Å²) in [6, 6.07) is 0. The molecule has 2 amide bonds. The van der Waals surface area contributed by atoms with Crippen LogP contribution in [0, 0.1) is 29.6 Å². The van der Waals surface area contributed by atoms with Crippen LogP contribution in [-0.4, -0.2) is 24.4 Å². The van der Waals surface area contributed by atoms with Crippen LogP contribution in [0.25, 0.3) is 0 Å². The number of nitrogens with two attached hydrogens (primary N) is 1. The maximum absolute atomic E-state index is 12.8. The Morgan fingerprint density at radius 3 is 2.31 bits per heavy atom. The van der Waals surface area contributed by atoms with Gasteiger partial charge in [0.2, 0.25) is 0 Å². The number of fused-ring (bicyclic) bond motifs is 1. The third-order valence-corrected chi connectivity index (χ3v) is 8.72. The summed E-state index contributed by atoms with van der Waals surface area (Å²) in [6.45, 7) is -0.303. The van der Waals surface area contributed by atoms with Crippen molar-refractivity contribution in [1.82, 2.24) is 0 Å². The van der Waals surface area contributed by atoms with Crippen molar-refractivity contribution in [2.45, 2.75) is 57.8 Å². The second-order valence-electron chi connectivity index (χ2n) is 9.39. The molecule has 0 aliphatic heterocycles. The van der Waals surface area contributed by atoms with E-state index in [-0.39, 0.29) is 18.5 Å². The Bertz CT molecular complexity index is 833. The molecule has 1 aromatic heterocycles. The molecule has 4 fully saturated rings. The molecule has 0 atom stereocenters. The topological polar surface area (TPSA) is 98.5 Å². The fourth-order valence-corrected chi connectivity index (χ4v) is 7.93. The van der Waals surface area contributed by atoms with Crippen LogP contribution in [0.15, 0.2) is 0 Å². The van der Waals surface area contributed by atoms with Gasteiger partial charge in [0.1, 0.15) is 5.00 Å². The van der Waals surface area contributed by atoms with Gasteiger partial charge in [-0.3, -0.25) is 14.4 Å². The number of aryl methyl sites for hydroxylation is 1. The Morgan fingerprint density at radius 1 is 1.00 bits per heavy atom. The van der Waals surface area contributed by atoms with E-state index in [2.05, 4.69) is 5.32 Å². The van der Waals surface area contributed by atoms with Crippen LogP contribution in [-0.2, 0) is 27.2 Å². The maximum atomic E-state index is 12.8. The van der Waals surface area contributed by atoms with Crippen LogP contribution < -0.4 is 11.1 Å². The molecule has 6 nitrogen and oxygen atoms in total. The lowest BCUT2D eigenvalue weighted by Crippen LogP contribution is -2.48. The van der Waals surface area contributed by atoms with Crippen LogP contribution in [0.5, 0.6) is 0 Å². The molecule has 0 unspecified atom stereocenters. The number of hydrogen-bond acceptors (Lipinski definition) is 5. The van der Waals surface area contributed by atoms with Crippen molar-refractivity contribution in [2.24, 2.45) is 35.3 Å². The van der Waals surface area contributed by atoms with Crippen molar-refractivity contribution in [3.05, 3.63) is 16.0 Å². The number of carbonyl (C=O) groups is 3. The molecule has 1 aromatic rings. The third kappa shape index (κ3) is 3.47. The van der Waals surface area contributed by atoms with Crippen molar-refractivity contribution in [3.63, 3.8) is 0 Å². The van der Waals surface area contributed by atoms with E-state index in [1.807, 2.05) is 0 Å². The predicted octanol–water partition coefficient (Wildman–Crippen LogP) is 3.28. The molecule has 7 heteroatoms. The van der Waals surface area contributed by atoms with Gasteiger partial charge < -0.3 is 15.8 Å². The normalized spacial score (nSPS) is 31.9. The van der Waals surface area contributed by atoms with Crippen molar-refractivity contribution >= 4 is 34.1 Å². The number of thiophene rings is 1. The largest absolute Gasteiger partial charge is 0.455 e. The fraction of sp³-hybridized carbons (Fsp3) is 0.682. The van der Waals surface area contributed by atoms with E-state index in [4.69, 9.17) is 10.5 Å². The number of esters is 1. The first kappa shape index (κ1) is 19.1. The summed E-state index contributed by atoms with van der Waals surface area (Å²) in [4.78, 5) is 38.3. The summed E-state index contributed by atoms with van der Waals surface area (Å²) in [6.07, 6.45) is 9.75. The van der Waals surface area contributed by atoms with Gasteiger partial charge in [0, 0.05) is 4.88 Å². The first-order valence-corrected chi connectivity index (χ1v) is 11.7. The molecule has 6 rings (SSSR count). The highest BCUT2D eigenvalue weighted by molar-refractivity contribution is 7.17. The van der Waals surface area contributed by atoms with Crippen LogP contribution in [0.2, 0.25) is 0 Å². The van der Waals surface area contributed by atoms with Crippen LogP contribution in [0.1, 0.15) is 65.7 Å². The Kier molecular flexibility index (Phi) is 4.88. The molecular weight excluding hydrogens is 388 g/mol. The number of amides is 2. The molecule has 5 aliphatic rings. The minimum Gasteiger partial charge on any atom is -0.455 e. The SMILES string of the molecule is NC(=O)c1c(NC(=O)COC(=O)C2C3CC4CC(C3)CC2C4)sc2c1CCCC2. The minimum absolute atomic E-state index is 0.0363. The average molecular weight is 417 g/mol. The fourth-order valence-electron chi connectivity index (χ4n) is 6.62. The van der Waals surface area contributed by atoms with E-state index in [1.54, 1.807) is 0 Å². The molecule has 4 bridgehead atoms. The van der Waals surface area contributed by atoms with Crippen LogP contribution >= 0.6 is 11.3 Å². The first-order valence-electron chi connectivity index (χ1n) is 10.9. The van der Waals surface area contributed by atoms with Gasteiger partial charge >= 0.3 is 5.97 Å². The summed E-state index contributed by atoms with van der Waals surface area (Å²) in [5.74, 6) is 1.30. The molecule has 0 saturated heterocycles. The highest BCUT2D eigenvalue weighted by atomic mass is 32.1. The summed E-state index contributed by atoms with van der Waals surface area (Å²) in [5.41, 5.74) is 6.99. The summed E-state index contributed by atoms with van der Waals surface area (Å²) >= 11 is 1.43. The zero-order valence-corrected chi connectivity index (χ0v) is 17.4. The summed E-state index contributed by atoms with van der Waals surface area (Å²) in [7, 11) is 0. The lowest BCUT2D eigenvalue weighted by molar-refractivity contribution is -0.164. The quantitative estimate of drug-likeness (QED) is 0.720. The number of nitrogens with one attached hydrogen (secondary N) is 1. The minimum atomic E-state index is -0.509. The van der Waals surface area contributed by atoms with Gasteiger partial charge in [0.15, 0.2) is 6.61 Å². The smallest absolute Gasteiger partial charge is 0.310 e. The van der Waals surface area contributed by atoms with Crippen molar-refractivity contribution < 1.29 is 19.1 Å². The van der Waals surface area contributed by atoms with E-state index >= 15 is 0 Å². The first-order chi connectivity index (χ1) is 14.0. The molecule has 5 aliphatic carbocycles. The molecule has 4 saturated carbocycles. The van der Waals surface area contributed by atoms with Gasteiger partial charge in [-0.25, -0.2) is 0 Å². The van der Waals surface area contributed by atoms with Crippen molar-refractivity contribution in [3.8, 4) is 0 Å². The third-order valence-electron chi connectivity index (χ3n) is 7.52. The standard InChI is InChI=1S/C22H28N2O4S/c23-20(26)19-15-3-1-2-4-16(15)29-21(19)24-17(25)10-28-22(27)18-13-6-11-5-12(8-13)9-14(18)7-11/h11-14,18H,1-10H2,(H2,23,26)(H,24,25). The lowest BCUT2D eigenvalue weighted by Gasteiger charge is -2.53. The molecule has 3 N–H and O–H groups in total. The predicted molar refractivity (Wildman–Crippen MR) is 110 cm³/mol. The van der Waals surface area contributed by atoms with Crippen molar-refractivity contribution in [1.29, 1.82) is 0 Å². The molecular formula is C22H28N2O4S. The van der Waals surface area contributed by atoms with E-state index in [9.17, 15) is 14.4 Å². The second-order valence-corrected chi connectivity index (χ2v) is 10.5. The van der Waals surface area contributed by atoms with Gasteiger partial charge in [0.05, 0.1) is 11.5 Å². The lowest BCUT2D eigenvalue weighted by atomic mass is 9.52. The van der Waals surface area contributed by atoms with Gasteiger partial charge in [-0.1, -0.05) is 0 Å². The number of ether oxygens (including phenoxy) is 1. The zero-order valence-electron chi connectivity index (χ0n) is 16.6. The number of carbonyl (C=O) groups excluding carboxylic acids is 3. The molecule has 0 spiro atoms. The van der Waals surface area contributed by atoms with Crippen LogP contribution in [0.3, 0.4) is 0 Å². The number of primary amides is 1. The molecule has 0 radical (unpaired) electrons. The Morgan fingerprint density at radius 2 is 1.66 bits per heavy atom. The van der Waals surface area contributed by atoms with Crippen molar-refractivity contribution in [2.75, 3.05) is 11.9 Å². The van der Waals surface area contributed by atoms with Gasteiger partial charge in [-0.15, -0.1) is 11.3 Å². The molecule has 1 heterocycles. The highest BCUT2D eigenvalue weighted by Crippen LogP contribution is 2.56. The number of rotatable bonds is 5.